The van der Waals surface area contributed by atoms with Gasteiger partial charge < -0.3 is 14.4 Å². The van der Waals surface area contributed by atoms with Crippen LogP contribution >= 0.6 is 22.9 Å². The summed E-state index contributed by atoms with van der Waals surface area (Å²) in [7, 11) is 1.92. The molecule has 1 N–H and O–H groups in total. The van der Waals surface area contributed by atoms with Crippen LogP contribution in [0.15, 0.2) is 23.0 Å². The molecule has 0 aliphatic rings. The molecule has 6 heteroatoms. The van der Waals surface area contributed by atoms with Crippen molar-refractivity contribution in [2.45, 2.75) is 13.2 Å². The number of rotatable bonds is 4. The quantitative estimate of drug-likeness (QED) is 0.916. The van der Waals surface area contributed by atoms with Gasteiger partial charge >= 0.3 is 0 Å². The molecule has 0 aliphatic heterocycles. The van der Waals surface area contributed by atoms with E-state index in [9.17, 15) is 0 Å². The molecule has 0 atom stereocenters. The third-order valence-electron chi connectivity index (χ3n) is 2.11. The summed E-state index contributed by atoms with van der Waals surface area (Å²) in [5, 5.41) is 10.2. The van der Waals surface area contributed by atoms with Gasteiger partial charge in [0.25, 0.3) is 0 Å². The Morgan fingerprint density at radius 3 is 3.00 bits per heavy atom. The molecule has 0 saturated carbocycles. The Labute approximate surface area is 102 Å². The second-order valence-electron chi connectivity index (χ2n) is 3.36. The van der Waals surface area contributed by atoms with Gasteiger partial charge in [0.2, 0.25) is 0 Å². The first-order chi connectivity index (χ1) is 7.70. The van der Waals surface area contributed by atoms with Crippen LogP contribution in [0.4, 0.5) is 5.13 Å². The van der Waals surface area contributed by atoms with Crippen LogP contribution in [0, 0.1) is 0 Å². The van der Waals surface area contributed by atoms with E-state index in [0.29, 0.717) is 16.6 Å². The number of halogens is 1. The minimum absolute atomic E-state index is 0.0734. The zero-order chi connectivity index (χ0) is 11.5. The Hall–Kier alpha value is -1.04. The number of furan rings is 1. The lowest BCUT2D eigenvalue weighted by molar-refractivity contribution is 0.285. The molecule has 2 aromatic heterocycles. The van der Waals surface area contributed by atoms with Crippen molar-refractivity contribution in [1.82, 2.24) is 4.98 Å². The molecule has 0 amide bonds. The van der Waals surface area contributed by atoms with Crippen molar-refractivity contribution in [1.29, 1.82) is 0 Å². The van der Waals surface area contributed by atoms with Crippen LogP contribution in [0.1, 0.15) is 10.4 Å². The predicted octanol–water partition coefficient (Wildman–Crippen LogP) is 2.52. The molecular weight excluding hydrogens is 248 g/mol. The second kappa shape index (κ2) is 4.86. The van der Waals surface area contributed by atoms with Crippen LogP contribution in [0.25, 0.3) is 0 Å². The molecule has 2 aromatic rings. The fraction of sp³-hybridized carbons (Fsp3) is 0.300. The van der Waals surface area contributed by atoms with Crippen molar-refractivity contribution in [3.05, 3.63) is 34.2 Å². The van der Waals surface area contributed by atoms with Crippen molar-refractivity contribution in [3.8, 4) is 0 Å². The first kappa shape index (κ1) is 11.4. The van der Waals surface area contributed by atoms with Gasteiger partial charge in [-0.05, 0) is 6.07 Å². The summed E-state index contributed by atoms with van der Waals surface area (Å²) in [5.74, 6) is 0. The largest absolute Gasteiger partial charge is 0.472 e. The number of nitrogens with zero attached hydrogens (tertiary/aromatic N) is 2. The van der Waals surface area contributed by atoms with Gasteiger partial charge in [0, 0.05) is 19.2 Å². The smallest absolute Gasteiger partial charge is 0.187 e. The third-order valence-corrected chi connectivity index (χ3v) is 3.69. The maximum absolute atomic E-state index is 9.02. The van der Waals surface area contributed by atoms with Crippen LogP contribution in [0.5, 0.6) is 0 Å². The number of thiazole rings is 1. The Bertz CT molecular complexity index is 455. The highest BCUT2D eigenvalue weighted by Crippen LogP contribution is 2.29. The summed E-state index contributed by atoms with van der Waals surface area (Å²) >= 11 is 7.26. The minimum atomic E-state index is -0.0734. The molecule has 0 aliphatic carbocycles. The van der Waals surface area contributed by atoms with Crippen LogP contribution in [-0.2, 0) is 13.2 Å². The number of anilines is 1. The molecule has 0 fully saturated rings. The van der Waals surface area contributed by atoms with Crippen molar-refractivity contribution >= 4 is 28.1 Å². The number of hydrogen-bond acceptors (Lipinski definition) is 5. The van der Waals surface area contributed by atoms with Gasteiger partial charge in [0.05, 0.1) is 24.0 Å². The molecule has 0 bridgehead atoms. The van der Waals surface area contributed by atoms with Gasteiger partial charge in [-0.1, -0.05) is 22.9 Å². The van der Waals surface area contributed by atoms with Crippen molar-refractivity contribution in [2.24, 2.45) is 0 Å². The fourth-order valence-corrected chi connectivity index (χ4v) is 2.38. The highest BCUT2D eigenvalue weighted by Gasteiger charge is 2.12. The lowest BCUT2D eigenvalue weighted by atomic mass is 10.3. The van der Waals surface area contributed by atoms with Crippen LogP contribution < -0.4 is 4.90 Å². The average molecular weight is 259 g/mol. The summed E-state index contributed by atoms with van der Waals surface area (Å²) in [5.41, 5.74) is 1.07. The highest BCUT2D eigenvalue weighted by molar-refractivity contribution is 7.16. The van der Waals surface area contributed by atoms with Gasteiger partial charge in [0.1, 0.15) is 5.15 Å². The average Bonchev–Trinajstić information content (AvgIpc) is 2.87. The summed E-state index contributed by atoms with van der Waals surface area (Å²) in [6.45, 7) is 0.626. The maximum Gasteiger partial charge on any atom is 0.187 e. The van der Waals surface area contributed by atoms with Gasteiger partial charge in [-0.15, -0.1) is 0 Å². The summed E-state index contributed by atoms with van der Waals surface area (Å²) in [4.78, 5) is 6.83. The SMILES string of the molecule is CN(Cc1ccoc1)c1nc(Cl)c(CO)s1. The molecule has 4 nitrogen and oxygen atoms in total. The fourth-order valence-electron chi connectivity index (χ4n) is 1.31. The van der Waals surface area contributed by atoms with Gasteiger partial charge in [-0.2, -0.15) is 0 Å². The zero-order valence-electron chi connectivity index (χ0n) is 8.68. The van der Waals surface area contributed by atoms with Crippen molar-refractivity contribution in [3.63, 3.8) is 0 Å². The van der Waals surface area contributed by atoms with Gasteiger partial charge in [-0.3, -0.25) is 0 Å². The van der Waals surface area contributed by atoms with E-state index < -0.39 is 0 Å². The van der Waals surface area contributed by atoms with E-state index in [1.165, 1.54) is 11.3 Å². The first-order valence-electron chi connectivity index (χ1n) is 4.69. The lowest BCUT2D eigenvalue weighted by Gasteiger charge is -2.13. The molecule has 16 heavy (non-hydrogen) atoms. The molecular formula is C10H11ClN2O2S. The summed E-state index contributed by atoms with van der Waals surface area (Å²) < 4.78 is 4.99. The Kier molecular flexibility index (Phi) is 3.48. The molecule has 0 radical (unpaired) electrons. The molecule has 2 rings (SSSR count). The number of aliphatic hydroxyl groups is 1. The van der Waals surface area contributed by atoms with Crippen LogP contribution in [0.3, 0.4) is 0 Å². The predicted molar refractivity (Wildman–Crippen MR) is 63.9 cm³/mol. The van der Waals surface area contributed by atoms with Gasteiger partial charge in [-0.25, -0.2) is 4.98 Å². The van der Waals surface area contributed by atoms with Crippen molar-refractivity contribution in [2.75, 3.05) is 11.9 Å². The Balaban J connectivity index is 2.11. The second-order valence-corrected chi connectivity index (χ2v) is 4.78. The molecule has 0 saturated heterocycles. The first-order valence-corrected chi connectivity index (χ1v) is 5.88. The lowest BCUT2D eigenvalue weighted by Crippen LogP contribution is -2.15. The van der Waals surface area contributed by atoms with E-state index >= 15 is 0 Å². The van der Waals surface area contributed by atoms with E-state index in [2.05, 4.69) is 4.98 Å². The normalized spacial score (nSPS) is 10.7. The number of aliphatic hydroxyl groups excluding tert-OH is 1. The van der Waals surface area contributed by atoms with E-state index in [0.717, 1.165) is 10.7 Å². The monoisotopic (exact) mass is 258 g/mol. The van der Waals surface area contributed by atoms with E-state index in [1.807, 2.05) is 18.0 Å². The maximum atomic E-state index is 9.02. The van der Waals surface area contributed by atoms with Crippen molar-refractivity contribution < 1.29 is 9.52 Å². The number of hydrogen-bond donors (Lipinski definition) is 1. The molecule has 86 valence electrons. The van der Waals surface area contributed by atoms with E-state index in [4.69, 9.17) is 21.1 Å². The zero-order valence-corrected chi connectivity index (χ0v) is 10.3. The van der Waals surface area contributed by atoms with E-state index in [-0.39, 0.29) is 6.61 Å². The van der Waals surface area contributed by atoms with Gasteiger partial charge in [0.15, 0.2) is 5.13 Å². The van der Waals surface area contributed by atoms with Crippen LogP contribution in [0.2, 0.25) is 5.15 Å². The Morgan fingerprint density at radius 2 is 2.44 bits per heavy atom. The topological polar surface area (TPSA) is 49.5 Å². The molecule has 0 aromatic carbocycles. The van der Waals surface area contributed by atoms with Crippen LogP contribution in [-0.4, -0.2) is 17.1 Å². The molecule has 0 spiro atoms. The highest BCUT2D eigenvalue weighted by atomic mass is 35.5. The third kappa shape index (κ3) is 2.37. The summed E-state index contributed by atoms with van der Waals surface area (Å²) in [6.07, 6.45) is 3.33. The number of aromatic nitrogens is 1. The molecule has 0 unspecified atom stereocenters. The van der Waals surface area contributed by atoms with E-state index in [1.54, 1.807) is 12.5 Å². The standard InChI is InChI=1S/C10H11ClN2O2S/c1-13(4-7-2-3-15-6-7)10-12-9(11)8(5-14)16-10/h2-3,6,14H,4-5H2,1H3. The Morgan fingerprint density at radius 1 is 1.62 bits per heavy atom. The molecule has 2 heterocycles. The minimum Gasteiger partial charge on any atom is -0.472 e. The summed E-state index contributed by atoms with van der Waals surface area (Å²) in [6, 6.07) is 1.90.